The van der Waals surface area contributed by atoms with Gasteiger partial charge in [-0.3, -0.25) is 24.2 Å². The number of nitrogens with one attached hydrogen (secondary N) is 4. The van der Waals surface area contributed by atoms with Crippen LogP contribution in [0.5, 0.6) is 0 Å². The van der Waals surface area contributed by atoms with Crippen molar-refractivity contribution in [3.05, 3.63) is 36.0 Å². The minimum atomic E-state index is -1.65. The maximum atomic E-state index is 13.1. The van der Waals surface area contributed by atoms with Crippen LogP contribution in [0, 0.1) is 0 Å². The van der Waals surface area contributed by atoms with Crippen molar-refractivity contribution in [2.75, 3.05) is 12.3 Å². The number of carboxylic acid groups (broad SMARTS) is 2. The molecule has 0 saturated carbocycles. The Morgan fingerprint density at radius 3 is 2.20 bits per heavy atom. The Kier molecular flexibility index (Phi) is 12.2. The summed E-state index contributed by atoms with van der Waals surface area (Å²) in [5.41, 5.74) is 17.7. The van der Waals surface area contributed by atoms with Crippen molar-refractivity contribution in [2.24, 2.45) is 22.2 Å². The predicted octanol–water partition coefficient (Wildman–Crippen LogP) is -1.97. The molecule has 4 unspecified atom stereocenters. The molecule has 0 spiro atoms. The van der Waals surface area contributed by atoms with E-state index in [-0.39, 0.29) is 37.5 Å². The molecule has 0 bridgehead atoms. The van der Waals surface area contributed by atoms with Crippen molar-refractivity contribution in [1.82, 2.24) is 20.9 Å². The van der Waals surface area contributed by atoms with Crippen molar-refractivity contribution >= 4 is 59.2 Å². The highest BCUT2D eigenvalue weighted by atomic mass is 32.1. The van der Waals surface area contributed by atoms with Gasteiger partial charge in [-0.2, -0.15) is 12.6 Å². The van der Waals surface area contributed by atoms with Crippen LogP contribution in [-0.2, 0) is 30.4 Å². The van der Waals surface area contributed by atoms with Gasteiger partial charge in [0.1, 0.15) is 18.1 Å². The van der Waals surface area contributed by atoms with E-state index in [0.29, 0.717) is 5.56 Å². The van der Waals surface area contributed by atoms with E-state index in [0.717, 1.165) is 10.9 Å². The molecular formula is C24H34N8O7S. The molecule has 4 atom stereocenters. The maximum absolute atomic E-state index is 13.1. The molecule has 2 aromatic rings. The highest BCUT2D eigenvalue weighted by molar-refractivity contribution is 7.80. The van der Waals surface area contributed by atoms with Gasteiger partial charge < -0.3 is 48.3 Å². The van der Waals surface area contributed by atoms with E-state index in [1.54, 1.807) is 30.5 Å². The summed E-state index contributed by atoms with van der Waals surface area (Å²) in [6.45, 7) is 0.133. The summed E-state index contributed by atoms with van der Waals surface area (Å²) in [5.74, 6) is -5.55. The number of aromatic amines is 1. The molecule has 1 aromatic heterocycles. The van der Waals surface area contributed by atoms with Crippen LogP contribution in [0.4, 0.5) is 0 Å². The third-order valence-electron chi connectivity index (χ3n) is 5.84. The number of aliphatic carboxylic acids is 2. The number of rotatable bonds is 16. The number of hydrogen-bond donors (Lipinski definition) is 10. The second kappa shape index (κ2) is 15.3. The summed E-state index contributed by atoms with van der Waals surface area (Å²) in [6, 6.07) is 1.85. The zero-order valence-electron chi connectivity index (χ0n) is 21.5. The van der Waals surface area contributed by atoms with E-state index in [9.17, 15) is 34.2 Å². The molecule has 40 heavy (non-hydrogen) atoms. The van der Waals surface area contributed by atoms with Gasteiger partial charge in [0.2, 0.25) is 17.7 Å². The van der Waals surface area contributed by atoms with Crippen LogP contribution in [0.15, 0.2) is 35.5 Å². The Labute approximate surface area is 234 Å². The highest BCUT2D eigenvalue weighted by Gasteiger charge is 2.31. The second-order valence-electron chi connectivity index (χ2n) is 8.92. The monoisotopic (exact) mass is 578 g/mol. The fraction of sp³-hybridized carbons (Fsp3) is 0.417. The molecule has 1 aromatic carbocycles. The van der Waals surface area contributed by atoms with Crippen molar-refractivity contribution in [2.45, 2.75) is 49.9 Å². The Bertz CT molecular complexity index is 1250. The number of thiol groups is 1. The molecule has 0 aliphatic carbocycles. The standard InChI is InChI=1S/C24H34N8O7S/c25-14(11-40)20(35)30-16(6-3-7-28-24(26)27)21(36)31-17(9-19(33)34)22(37)32-18(23(38)39)8-12-10-29-15-5-2-1-4-13(12)15/h1-2,4-5,10,14,16-18,29,40H,3,6-9,11,25H2,(H,30,35)(H,31,36)(H,32,37)(H,33,34)(H,38,39)(H4,26,27,28). The molecule has 0 fully saturated rings. The van der Waals surface area contributed by atoms with Crippen molar-refractivity contribution in [3.8, 4) is 0 Å². The molecule has 0 aliphatic rings. The Morgan fingerprint density at radius 1 is 0.950 bits per heavy atom. The number of H-pyrrole nitrogens is 1. The van der Waals surface area contributed by atoms with Crippen LogP contribution in [0.1, 0.15) is 24.8 Å². The zero-order valence-corrected chi connectivity index (χ0v) is 22.4. The normalized spacial score (nSPS) is 13.8. The predicted molar refractivity (Wildman–Crippen MR) is 149 cm³/mol. The largest absolute Gasteiger partial charge is 0.481 e. The first-order valence-electron chi connectivity index (χ1n) is 12.3. The maximum Gasteiger partial charge on any atom is 0.326 e. The van der Waals surface area contributed by atoms with E-state index in [2.05, 4.69) is 38.6 Å². The SMILES string of the molecule is NC(N)=NCCCC(NC(=O)C(N)CS)C(=O)NC(CC(=O)O)C(=O)NC(Cc1c[nH]c2ccccc12)C(=O)O. The van der Waals surface area contributed by atoms with E-state index in [1.807, 2.05) is 0 Å². The van der Waals surface area contributed by atoms with Gasteiger partial charge in [0.05, 0.1) is 12.5 Å². The molecule has 0 aliphatic heterocycles. The van der Waals surface area contributed by atoms with Crippen LogP contribution in [0.2, 0.25) is 0 Å². The van der Waals surface area contributed by atoms with Gasteiger partial charge in [0.15, 0.2) is 5.96 Å². The number of carbonyl (C=O) groups excluding carboxylic acids is 3. The third-order valence-corrected chi connectivity index (χ3v) is 6.23. The number of carbonyl (C=O) groups is 5. The van der Waals surface area contributed by atoms with E-state index in [1.165, 1.54) is 0 Å². The first kappa shape index (κ1) is 31.9. The highest BCUT2D eigenvalue weighted by Crippen LogP contribution is 2.19. The number of guanidine groups is 1. The van der Waals surface area contributed by atoms with E-state index >= 15 is 0 Å². The van der Waals surface area contributed by atoms with Gasteiger partial charge in [0, 0.05) is 35.8 Å². The number of para-hydroxylation sites is 1. The number of aromatic nitrogens is 1. The number of fused-ring (bicyclic) bond motifs is 1. The average molecular weight is 579 g/mol. The topological polar surface area (TPSA) is 268 Å². The molecule has 3 amide bonds. The number of amides is 3. The lowest BCUT2D eigenvalue weighted by molar-refractivity contribution is -0.143. The lowest BCUT2D eigenvalue weighted by atomic mass is 10.0. The number of hydrogen-bond acceptors (Lipinski definition) is 8. The molecule has 15 nitrogen and oxygen atoms in total. The Morgan fingerprint density at radius 2 is 1.57 bits per heavy atom. The van der Waals surface area contributed by atoms with Gasteiger partial charge in [-0.15, -0.1) is 0 Å². The minimum absolute atomic E-state index is 0.00871. The molecule has 0 radical (unpaired) electrons. The van der Waals surface area contributed by atoms with Crippen LogP contribution in [0.3, 0.4) is 0 Å². The molecule has 0 saturated heterocycles. The summed E-state index contributed by atoms with van der Waals surface area (Å²) >= 11 is 3.96. The van der Waals surface area contributed by atoms with Crippen molar-refractivity contribution < 1.29 is 34.2 Å². The molecule has 2 rings (SSSR count). The first-order valence-corrected chi connectivity index (χ1v) is 12.9. The summed E-state index contributed by atoms with van der Waals surface area (Å²) < 4.78 is 0. The van der Waals surface area contributed by atoms with Crippen molar-refractivity contribution in [3.63, 3.8) is 0 Å². The second-order valence-corrected chi connectivity index (χ2v) is 9.29. The molecule has 1 heterocycles. The number of aliphatic imine (C=N–C) groups is 1. The van der Waals surface area contributed by atoms with Crippen LogP contribution < -0.4 is 33.2 Å². The van der Waals surface area contributed by atoms with Gasteiger partial charge in [-0.25, -0.2) is 4.79 Å². The lowest BCUT2D eigenvalue weighted by Crippen LogP contribution is -2.57. The minimum Gasteiger partial charge on any atom is -0.481 e. The lowest BCUT2D eigenvalue weighted by Gasteiger charge is -2.24. The van der Waals surface area contributed by atoms with Crippen molar-refractivity contribution in [1.29, 1.82) is 0 Å². The Hall–Kier alpha value is -4.31. The number of nitrogens with zero attached hydrogens (tertiary/aromatic N) is 1. The van der Waals surface area contributed by atoms with Crippen LogP contribution >= 0.6 is 12.6 Å². The fourth-order valence-electron chi connectivity index (χ4n) is 3.78. The summed E-state index contributed by atoms with van der Waals surface area (Å²) in [4.78, 5) is 68.7. The quantitative estimate of drug-likeness (QED) is 0.0454. The third kappa shape index (κ3) is 9.77. The van der Waals surface area contributed by atoms with Gasteiger partial charge in [-0.1, -0.05) is 18.2 Å². The van der Waals surface area contributed by atoms with Crippen LogP contribution in [-0.4, -0.2) is 87.3 Å². The summed E-state index contributed by atoms with van der Waals surface area (Å²) in [5, 5.41) is 26.9. The van der Waals surface area contributed by atoms with E-state index in [4.69, 9.17) is 17.2 Å². The zero-order chi connectivity index (χ0) is 29.8. The summed E-state index contributed by atoms with van der Waals surface area (Å²) in [7, 11) is 0. The van der Waals surface area contributed by atoms with Gasteiger partial charge in [-0.05, 0) is 24.5 Å². The van der Waals surface area contributed by atoms with Gasteiger partial charge in [0.25, 0.3) is 0 Å². The summed E-state index contributed by atoms with van der Waals surface area (Å²) in [6.07, 6.45) is 0.932. The number of nitrogens with two attached hydrogens (primary N) is 3. The van der Waals surface area contributed by atoms with E-state index < -0.39 is 60.2 Å². The number of benzene rings is 1. The fourth-order valence-corrected chi connectivity index (χ4v) is 3.95. The molecule has 12 N–H and O–H groups in total. The smallest absolute Gasteiger partial charge is 0.326 e. The average Bonchev–Trinajstić information content (AvgIpc) is 3.31. The number of carboxylic acids is 2. The molecular weight excluding hydrogens is 544 g/mol. The molecule has 218 valence electrons. The Balaban J connectivity index is 2.19. The first-order chi connectivity index (χ1) is 18.9. The van der Waals surface area contributed by atoms with Crippen LogP contribution in [0.25, 0.3) is 10.9 Å². The molecule has 16 heteroatoms. The van der Waals surface area contributed by atoms with Gasteiger partial charge >= 0.3 is 11.9 Å².